The van der Waals surface area contributed by atoms with Crippen molar-refractivity contribution in [1.29, 1.82) is 0 Å². The standard InChI is InChI=1S/C16H27N3O/c1-16(2,20)14-12-13(6-7-15(14)17(3)4)19-10-8-18(5)9-11-19/h6-7,12,20H,8-11H2,1-5H3. The van der Waals surface area contributed by atoms with Crippen LogP contribution in [0.15, 0.2) is 18.2 Å². The van der Waals surface area contributed by atoms with Crippen LogP contribution in [0.1, 0.15) is 19.4 Å². The van der Waals surface area contributed by atoms with E-state index in [1.807, 2.05) is 27.9 Å². The maximum Gasteiger partial charge on any atom is 0.0861 e. The summed E-state index contributed by atoms with van der Waals surface area (Å²) in [7, 11) is 6.19. The zero-order chi connectivity index (χ0) is 14.9. The summed E-state index contributed by atoms with van der Waals surface area (Å²) in [6.45, 7) is 7.97. The van der Waals surface area contributed by atoms with E-state index in [0.29, 0.717) is 0 Å². The molecule has 0 radical (unpaired) electrons. The Balaban J connectivity index is 2.32. The highest BCUT2D eigenvalue weighted by molar-refractivity contribution is 5.63. The van der Waals surface area contributed by atoms with Gasteiger partial charge in [0.15, 0.2) is 0 Å². The second-order valence-corrected chi connectivity index (χ2v) is 6.45. The van der Waals surface area contributed by atoms with E-state index < -0.39 is 5.60 Å². The molecular formula is C16H27N3O. The molecule has 0 spiro atoms. The Labute approximate surface area is 122 Å². The second kappa shape index (κ2) is 5.62. The van der Waals surface area contributed by atoms with E-state index in [2.05, 4.69) is 39.9 Å². The molecule has 112 valence electrons. The molecule has 0 bridgehead atoms. The molecule has 1 fully saturated rings. The molecule has 0 saturated carbocycles. The van der Waals surface area contributed by atoms with Crippen molar-refractivity contribution in [1.82, 2.24) is 4.90 Å². The summed E-state index contributed by atoms with van der Waals surface area (Å²) in [5, 5.41) is 10.4. The maximum absolute atomic E-state index is 10.4. The topological polar surface area (TPSA) is 30.0 Å². The summed E-state index contributed by atoms with van der Waals surface area (Å²) in [4.78, 5) is 6.80. The SMILES string of the molecule is CN1CCN(c2ccc(N(C)C)c(C(C)(C)O)c2)CC1. The molecule has 0 unspecified atom stereocenters. The lowest BCUT2D eigenvalue weighted by Crippen LogP contribution is -2.44. The van der Waals surface area contributed by atoms with E-state index in [1.54, 1.807) is 0 Å². The number of anilines is 2. The molecule has 1 aromatic rings. The normalized spacial score (nSPS) is 17.4. The first-order valence-corrected chi connectivity index (χ1v) is 7.27. The molecule has 20 heavy (non-hydrogen) atoms. The minimum atomic E-state index is -0.831. The van der Waals surface area contributed by atoms with Gasteiger partial charge in [0.2, 0.25) is 0 Å². The summed E-state index contributed by atoms with van der Waals surface area (Å²) in [5.74, 6) is 0. The lowest BCUT2D eigenvalue weighted by Gasteiger charge is -2.35. The van der Waals surface area contributed by atoms with Crippen molar-refractivity contribution in [2.24, 2.45) is 0 Å². The van der Waals surface area contributed by atoms with Gasteiger partial charge in [-0.05, 0) is 39.1 Å². The average Bonchev–Trinajstić information content (AvgIpc) is 2.38. The van der Waals surface area contributed by atoms with Gasteiger partial charge in [-0.2, -0.15) is 0 Å². The smallest absolute Gasteiger partial charge is 0.0861 e. The number of hydrogen-bond donors (Lipinski definition) is 1. The predicted octanol–water partition coefficient (Wildman–Crippen LogP) is 1.73. The Bertz CT molecular complexity index is 457. The molecule has 0 aromatic heterocycles. The zero-order valence-electron chi connectivity index (χ0n) is 13.3. The van der Waals surface area contributed by atoms with Crippen LogP contribution in [0, 0.1) is 0 Å². The summed E-state index contributed by atoms with van der Waals surface area (Å²) < 4.78 is 0. The van der Waals surface area contributed by atoms with Gasteiger partial charge in [0.1, 0.15) is 0 Å². The van der Waals surface area contributed by atoms with Crippen LogP contribution in [-0.2, 0) is 5.60 Å². The Morgan fingerprint density at radius 3 is 2.20 bits per heavy atom. The molecule has 1 saturated heterocycles. The van der Waals surface area contributed by atoms with Gasteiger partial charge in [-0.25, -0.2) is 0 Å². The Morgan fingerprint density at radius 1 is 1.10 bits per heavy atom. The molecule has 0 atom stereocenters. The maximum atomic E-state index is 10.4. The third-order valence-electron chi connectivity index (χ3n) is 3.99. The molecule has 1 aliphatic rings. The summed E-state index contributed by atoms with van der Waals surface area (Å²) in [6.07, 6.45) is 0. The number of piperazine rings is 1. The van der Waals surface area contributed by atoms with Crippen LogP contribution >= 0.6 is 0 Å². The Kier molecular flexibility index (Phi) is 4.25. The quantitative estimate of drug-likeness (QED) is 0.911. The van der Waals surface area contributed by atoms with Crippen LogP contribution in [0.5, 0.6) is 0 Å². The van der Waals surface area contributed by atoms with Gasteiger partial charge >= 0.3 is 0 Å². The fraction of sp³-hybridized carbons (Fsp3) is 0.625. The minimum absolute atomic E-state index is 0.831. The van der Waals surface area contributed by atoms with E-state index in [0.717, 1.165) is 37.4 Å². The lowest BCUT2D eigenvalue weighted by molar-refractivity contribution is 0.0791. The monoisotopic (exact) mass is 277 g/mol. The van der Waals surface area contributed by atoms with Crippen LogP contribution in [0.2, 0.25) is 0 Å². The third-order valence-corrected chi connectivity index (χ3v) is 3.99. The third kappa shape index (κ3) is 3.25. The Hall–Kier alpha value is -1.26. The molecular weight excluding hydrogens is 250 g/mol. The van der Waals surface area contributed by atoms with Crippen LogP contribution in [0.3, 0.4) is 0 Å². The fourth-order valence-electron chi connectivity index (χ4n) is 2.67. The minimum Gasteiger partial charge on any atom is -0.386 e. The largest absolute Gasteiger partial charge is 0.386 e. The van der Waals surface area contributed by atoms with Gasteiger partial charge in [0.25, 0.3) is 0 Å². The zero-order valence-corrected chi connectivity index (χ0v) is 13.3. The fourth-order valence-corrected chi connectivity index (χ4v) is 2.67. The number of benzene rings is 1. The molecule has 1 aromatic carbocycles. The number of aliphatic hydroxyl groups is 1. The van der Waals surface area contributed by atoms with E-state index in [-0.39, 0.29) is 0 Å². The van der Waals surface area contributed by atoms with Crippen LogP contribution in [0.25, 0.3) is 0 Å². The first-order valence-electron chi connectivity index (χ1n) is 7.27. The van der Waals surface area contributed by atoms with E-state index >= 15 is 0 Å². The first kappa shape index (κ1) is 15.1. The number of hydrogen-bond acceptors (Lipinski definition) is 4. The van der Waals surface area contributed by atoms with Gasteiger partial charge in [-0.1, -0.05) is 0 Å². The highest BCUT2D eigenvalue weighted by atomic mass is 16.3. The lowest BCUT2D eigenvalue weighted by atomic mass is 9.95. The van der Waals surface area contributed by atoms with Crippen LogP contribution in [0.4, 0.5) is 11.4 Å². The summed E-state index contributed by atoms with van der Waals surface area (Å²) in [6, 6.07) is 6.41. The van der Waals surface area contributed by atoms with E-state index in [9.17, 15) is 5.11 Å². The predicted molar refractivity (Wildman–Crippen MR) is 85.7 cm³/mol. The van der Waals surface area contributed by atoms with Gasteiger partial charge in [0, 0.05) is 57.2 Å². The van der Waals surface area contributed by atoms with Gasteiger partial charge in [-0.15, -0.1) is 0 Å². The molecule has 4 nitrogen and oxygen atoms in total. The van der Waals surface area contributed by atoms with Gasteiger partial charge in [0.05, 0.1) is 5.60 Å². The number of likely N-dealkylation sites (N-methyl/N-ethyl adjacent to an activating group) is 1. The molecule has 1 N–H and O–H groups in total. The Morgan fingerprint density at radius 2 is 1.70 bits per heavy atom. The van der Waals surface area contributed by atoms with Crippen molar-refractivity contribution in [2.75, 3.05) is 57.1 Å². The van der Waals surface area contributed by atoms with Crippen molar-refractivity contribution >= 4 is 11.4 Å². The van der Waals surface area contributed by atoms with Gasteiger partial charge < -0.3 is 19.8 Å². The molecule has 4 heteroatoms. The van der Waals surface area contributed by atoms with Crippen molar-refractivity contribution in [3.05, 3.63) is 23.8 Å². The van der Waals surface area contributed by atoms with Gasteiger partial charge in [-0.3, -0.25) is 0 Å². The number of rotatable bonds is 3. The van der Waals surface area contributed by atoms with Crippen molar-refractivity contribution in [3.8, 4) is 0 Å². The summed E-state index contributed by atoms with van der Waals surface area (Å²) in [5.41, 5.74) is 2.44. The highest BCUT2D eigenvalue weighted by Crippen LogP contribution is 2.33. The second-order valence-electron chi connectivity index (χ2n) is 6.45. The van der Waals surface area contributed by atoms with Crippen molar-refractivity contribution < 1.29 is 5.11 Å². The highest BCUT2D eigenvalue weighted by Gasteiger charge is 2.23. The molecule has 1 aliphatic heterocycles. The first-order chi connectivity index (χ1) is 9.29. The van der Waals surface area contributed by atoms with Crippen LogP contribution < -0.4 is 9.80 Å². The molecule has 0 aliphatic carbocycles. The number of nitrogens with zero attached hydrogens (tertiary/aromatic N) is 3. The summed E-state index contributed by atoms with van der Waals surface area (Å²) >= 11 is 0. The van der Waals surface area contributed by atoms with Crippen LogP contribution in [-0.4, -0.2) is 57.3 Å². The van der Waals surface area contributed by atoms with Crippen molar-refractivity contribution in [2.45, 2.75) is 19.4 Å². The average molecular weight is 277 g/mol. The molecule has 0 amide bonds. The molecule has 2 rings (SSSR count). The van der Waals surface area contributed by atoms with E-state index in [1.165, 1.54) is 5.69 Å². The van der Waals surface area contributed by atoms with Crippen molar-refractivity contribution in [3.63, 3.8) is 0 Å². The van der Waals surface area contributed by atoms with E-state index in [4.69, 9.17) is 0 Å². The molecule has 1 heterocycles.